The van der Waals surface area contributed by atoms with Crippen LogP contribution in [0.2, 0.25) is 0 Å². The number of rotatable bonds is 7. The number of benzene rings is 2. The van der Waals surface area contributed by atoms with Gasteiger partial charge < -0.3 is 4.74 Å². The molecule has 0 bridgehead atoms. The molecule has 0 aliphatic heterocycles. The molecule has 2 aromatic rings. The topological polar surface area (TPSA) is 26.3 Å². The highest BCUT2D eigenvalue weighted by molar-refractivity contribution is 5.86. The van der Waals surface area contributed by atoms with Crippen LogP contribution in [-0.2, 0) is 9.53 Å². The summed E-state index contributed by atoms with van der Waals surface area (Å²) in [6, 6.07) is 15.0. The zero-order valence-electron chi connectivity index (χ0n) is 11.3. The van der Waals surface area contributed by atoms with Crippen LogP contribution >= 0.6 is 0 Å². The van der Waals surface area contributed by atoms with Crippen molar-refractivity contribution in [3.63, 3.8) is 0 Å². The molecule has 2 rings (SSSR count). The predicted molar refractivity (Wildman–Crippen MR) is 77.9 cm³/mol. The third-order valence-corrected chi connectivity index (χ3v) is 3.61. The van der Waals surface area contributed by atoms with Crippen LogP contribution in [0.1, 0.15) is 37.7 Å². The number of hydrogen-bond acceptors (Lipinski definition) is 2. The van der Waals surface area contributed by atoms with Crippen molar-refractivity contribution >= 4 is 17.2 Å². The fraction of sp³-hybridized carbons (Fsp3) is 0.353. The van der Waals surface area contributed by atoms with Gasteiger partial charge in [-0.25, -0.2) is 4.79 Å². The Bertz CT molecular complexity index is 528. The van der Waals surface area contributed by atoms with Gasteiger partial charge in [0.15, 0.2) is 0 Å². The Labute approximate surface area is 114 Å². The first-order chi connectivity index (χ1) is 9.36. The highest BCUT2D eigenvalue weighted by Crippen LogP contribution is 2.30. The Morgan fingerprint density at radius 3 is 2.74 bits per heavy atom. The minimum atomic E-state index is 0.463. The molecular formula is C17H19O2. The molecule has 1 radical (unpaired) electrons. The first kappa shape index (κ1) is 13.6. The van der Waals surface area contributed by atoms with E-state index in [4.69, 9.17) is 0 Å². The third kappa shape index (κ3) is 3.34. The van der Waals surface area contributed by atoms with E-state index in [2.05, 4.69) is 54.1 Å². The lowest BCUT2D eigenvalue weighted by molar-refractivity contribution is 0.266. The zero-order chi connectivity index (χ0) is 13.5. The van der Waals surface area contributed by atoms with Gasteiger partial charge >= 0.3 is 6.47 Å². The van der Waals surface area contributed by atoms with Crippen LogP contribution in [0.25, 0.3) is 10.8 Å². The summed E-state index contributed by atoms with van der Waals surface area (Å²) in [6.07, 6.45) is 3.02. The summed E-state index contributed by atoms with van der Waals surface area (Å²) in [6.45, 7) is 4.15. The number of hydrogen-bond donors (Lipinski definition) is 0. The van der Waals surface area contributed by atoms with Gasteiger partial charge in [0.05, 0.1) is 6.61 Å². The molecule has 1 unspecified atom stereocenters. The molecule has 2 heteroatoms. The lowest BCUT2D eigenvalue weighted by Gasteiger charge is -2.17. The quantitative estimate of drug-likeness (QED) is 0.693. The number of carbonyl (C=O) groups excluding carboxylic acids is 1. The van der Waals surface area contributed by atoms with Crippen LogP contribution in [0.15, 0.2) is 42.5 Å². The standard InChI is InChI=1S/C17H19O2/c1-2-14(9-6-12-19-13-18)16-11-5-8-15-7-3-4-10-17(15)16/h3-5,7-8,10-11,14H,2,6,9,12H2,1H3. The SMILES string of the molecule is CCC(CCCO[C]=O)c1cccc2ccccc12. The molecule has 2 aromatic carbocycles. The van der Waals surface area contributed by atoms with Gasteiger partial charge in [0.25, 0.3) is 0 Å². The third-order valence-electron chi connectivity index (χ3n) is 3.61. The first-order valence-electron chi connectivity index (χ1n) is 6.83. The molecule has 0 saturated heterocycles. The van der Waals surface area contributed by atoms with Crippen molar-refractivity contribution in [2.45, 2.75) is 32.1 Å². The Balaban J connectivity index is 2.18. The van der Waals surface area contributed by atoms with E-state index in [1.807, 2.05) is 0 Å². The van der Waals surface area contributed by atoms with Gasteiger partial charge in [-0.2, -0.15) is 0 Å². The molecule has 0 aliphatic rings. The summed E-state index contributed by atoms with van der Waals surface area (Å²) in [5.41, 5.74) is 1.40. The van der Waals surface area contributed by atoms with Gasteiger partial charge in [-0.1, -0.05) is 49.4 Å². The molecule has 2 nitrogen and oxygen atoms in total. The van der Waals surface area contributed by atoms with Crippen molar-refractivity contribution < 1.29 is 9.53 Å². The van der Waals surface area contributed by atoms with E-state index in [0.717, 1.165) is 19.3 Å². The average Bonchev–Trinajstić information content (AvgIpc) is 2.47. The van der Waals surface area contributed by atoms with Crippen molar-refractivity contribution in [2.75, 3.05) is 6.61 Å². The van der Waals surface area contributed by atoms with Crippen molar-refractivity contribution in [2.24, 2.45) is 0 Å². The fourth-order valence-electron chi connectivity index (χ4n) is 2.63. The molecular weight excluding hydrogens is 236 g/mol. The summed E-state index contributed by atoms with van der Waals surface area (Å²) in [4.78, 5) is 10.0. The predicted octanol–water partition coefficient (Wildman–Crippen LogP) is 4.20. The minimum Gasteiger partial charge on any atom is -0.457 e. The smallest absolute Gasteiger partial charge is 0.417 e. The van der Waals surface area contributed by atoms with Crippen LogP contribution in [0.4, 0.5) is 0 Å². The molecule has 1 atom stereocenters. The van der Waals surface area contributed by atoms with E-state index in [9.17, 15) is 4.79 Å². The van der Waals surface area contributed by atoms with Crippen LogP contribution in [-0.4, -0.2) is 13.1 Å². The van der Waals surface area contributed by atoms with E-state index >= 15 is 0 Å². The van der Waals surface area contributed by atoms with E-state index in [1.54, 1.807) is 0 Å². The van der Waals surface area contributed by atoms with E-state index in [-0.39, 0.29) is 0 Å². The van der Waals surface area contributed by atoms with Gasteiger partial charge in [-0.3, -0.25) is 0 Å². The first-order valence-corrected chi connectivity index (χ1v) is 6.83. The van der Waals surface area contributed by atoms with Gasteiger partial charge in [-0.05, 0) is 41.5 Å². The van der Waals surface area contributed by atoms with E-state index in [0.29, 0.717) is 12.5 Å². The van der Waals surface area contributed by atoms with Crippen molar-refractivity contribution in [3.05, 3.63) is 48.0 Å². The Morgan fingerprint density at radius 1 is 1.16 bits per heavy atom. The second kappa shape index (κ2) is 6.93. The molecule has 99 valence electrons. The molecule has 0 heterocycles. The highest BCUT2D eigenvalue weighted by Gasteiger charge is 2.12. The van der Waals surface area contributed by atoms with Gasteiger partial charge in [0.2, 0.25) is 0 Å². The average molecular weight is 255 g/mol. The maximum atomic E-state index is 10.0. The second-order valence-electron chi connectivity index (χ2n) is 4.75. The van der Waals surface area contributed by atoms with Gasteiger partial charge in [0, 0.05) is 0 Å². The van der Waals surface area contributed by atoms with Gasteiger partial charge in [0.1, 0.15) is 0 Å². The molecule has 0 saturated carbocycles. The van der Waals surface area contributed by atoms with Crippen molar-refractivity contribution in [1.82, 2.24) is 0 Å². The molecule has 0 aromatic heterocycles. The van der Waals surface area contributed by atoms with Crippen molar-refractivity contribution in [1.29, 1.82) is 0 Å². The Morgan fingerprint density at radius 2 is 1.95 bits per heavy atom. The Kier molecular flexibility index (Phi) is 4.96. The fourth-order valence-corrected chi connectivity index (χ4v) is 2.63. The summed E-state index contributed by atoms with van der Waals surface area (Å²) in [5, 5.41) is 2.62. The maximum Gasteiger partial charge on any atom is 0.417 e. The molecule has 0 aliphatic carbocycles. The lowest BCUT2D eigenvalue weighted by Crippen LogP contribution is -2.01. The largest absolute Gasteiger partial charge is 0.457 e. The summed E-state index contributed by atoms with van der Waals surface area (Å²) in [5.74, 6) is 0.515. The molecule has 0 fully saturated rings. The van der Waals surface area contributed by atoms with E-state index < -0.39 is 0 Å². The van der Waals surface area contributed by atoms with Crippen LogP contribution in [0.5, 0.6) is 0 Å². The molecule has 0 amide bonds. The maximum absolute atomic E-state index is 10.0. The molecule has 19 heavy (non-hydrogen) atoms. The summed E-state index contributed by atoms with van der Waals surface area (Å²) < 4.78 is 4.65. The molecule has 0 N–H and O–H groups in total. The van der Waals surface area contributed by atoms with Crippen molar-refractivity contribution in [3.8, 4) is 0 Å². The zero-order valence-corrected chi connectivity index (χ0v) is 11.3. The summed E-state index contributed by atoms with van der Waals surface area (Å²) >= 11 is 0. The van der Waals surface area contributed by atoms with Crippen LogP contribution < -0.4 is 0 Å². The van der Waals surface area contributed by atoms with Crippen LogP contribution in [0.3, 0.4) is 0 Å². The Hall–Kier alpha value is -1.83. The molecule has 0 spiro atoms. The highest BCUT2D eigenvalue weighted by atomic mass is 16.5. The van der Waals surface area contributed by atoms with E-state index in [1.165, 1.54) is 22.8 Å². The number of fused-ring (bicyclic) bond motifs is 1. The normalized spacial score (nSPS) is 12.3. The second-order valence-corrected chi connectivity index (χ2v) is 4.75. The monoisotopic (exact) mass is 255 g/mol. The number of ether oxygens (including phenoxy) is 1. The lowest BCUT2D eigenvalue weighted by atomic mass is 9.88. The van der Waals surface area contributed by atoms with Gasteiger partial charge in [-0.15, -0.1) is 0 Å². The minimum absolute atomic E-state index is 0.463. The summed E-state index contributed by atoms with van der Waals surface area (Å²) in [7, 11) is 0. The van der Waals surface area contributed by atoms with Crippen LogP contribution in [0, 0.1) is 0 Å².